The fraction of sp³-hybridized carbons (Fsp3) is 0.667. The van der Waals surface area contributed by atoms with E-state index in [-0.39, 0.29) is 11.8 Å². The van der Waals surface area contributed by atoms with E-state index in [4.69, 9.17) is 0 Å². The van der Waals surface area contributed by atoms with Gasteiger partial charge in [-0.2, -0.15) is 0 Å². The van der Waals surface area contributed by atoms with Crippen LogP contribution in [0.15, 0.2) is 30.3 Å². The third kappa shape index (κ3) is 5.13. The van der Waals surface area contributed by atoms with Crippen LogP contribution in [0, 0.1) is 5.92 Å². The zero-order valence-corrected chi connectivity index (χ0v) is 18.1. The van der Waals surface area contributed by atoms with Crippen molar-refractivity contribution < 1.29 is 13.2 Å². The second kappa shape index (κ2) is 8.93. The first kappa shape index (κ1) is 21.3. The minimum Gasteiger partial charge on any atom is -0.339 e. The van der Waals surface area contributed by atoms with E-state index in [9.17, 15) is 13.2 Å². The summed E-state index contributed by atoms with van der Waals surface area (Å²) in [6, 6.07) is 11.2. The number of amides is 1. The minimum absolute atomic E-state index is 0.0479. The number of piperazine rings is 1. The summed E-state index contributed by atoms with van der Waals surface area (Å²) >= 11 is 0. The topological polar surface area (TPSA) is 60.9 Å². The van der Waals surface area contributed by atoms with E-state index in [0.717, 1.165) is 26.1 Å². The Labute approximate surface area is 169 Å². The molecule has 1 aromatic rings. The van der Waals surface area contributed by atoms with E-state index >= 15 is 0 Å². The summed E-state index contributed by atoms with van der Waals surface area (Å²) in [7, 11) is -3.15. The molecule has 2 saturated heterocycles. The lowest BCUT2D eigenvalue weighted by molar-refractivity contribution is -0.141. The molecule has 2 unspecified atom stereocenters. The number of hydrogen-bond acceptors (Lipinski definition) is 4. The Kier molecular flexibility index (Phi) is 6.78. The largest absolute Gasteiger partial charge is 0.339 e. The minimum atomic E-state index is -3.15. The summed E-state index contributed by atoms with van der Waals surface area (Å²) in [5, 5.41) is 0. The van der Waals surface area contributed by atoms with Crippen molar-refractivity contribution in [3.05, 3.63) is 35.9 Å². The van der Waals surface area contributed by atoms with E-state index in [1.165, 1.54) is 16.1 Å². The average molecular weight is 408 g/mol. The number of carbonyl (C=O) groups excluding carboxylic acids is 1. The molecule has 2 aliphatic heterocycles. The molecule has 0 aromatic heterocycles. The van der Waals surface area contributed by atoms with E-state index < -0.39 is 10.0 Å². The second-order valence-electron chi connectivity index (χ2n) is 8.35. The van der Waals surface area contributed by atoms with Crippen molar-refractivity contribution in [2.45, 2.75) is 45.2 Å². The highest BCUT2D eigenvalue weighted by Crippen LogP contribution is 2.24. The van der Waals surface area contributed by atoms with Crippen molar-refractivity contribution in [1.82, 2.24) is 14.1 Å². The number of sulfonamides is 1. The summed E-state index contributed by atoms with van der Waals surface area (Å²) in [4.78, 5) is 17.5. The van der Waals surface area contributed by atoms with Crippen LogP contribution in [0.25, 0.3) is 0 Å². The number of rotatable bonds is 5. The normalized spacial score (nSPS) is 25.8. The van der Waals surface area contributed by atoms with Gasteiger partial charge in [-0.3, -0.25) is 9.69 Å². The highest BCUT2D eigenvalue weighted by molar-refractivity contribution is 7.88. The molecule has 3 rings (SSSR count). The molecule has 2 atom stereocenters. The Bertz CT molecular complexity index is 748. The Hall–Kier alpha value is -1.44. The zero-order valence-electron chi connectivity index (χ0n) is 17.3. The number of hydrogen-bond donors (Lipinski definition) is 0. The molecular formula is C21H33N3O3S. The van der Waals surface area contributed by atoms with Crippen LogP contribution in [-0.4, -0.2) is 79.5 Å². The van der Waals surface area contributed by atoms with Crippen molar-refractivity contribution >= 4 is 15.9 Å². The van der Waals surface area contributed by atoms with Crippen molar-refractivity contribution in [3.8, 4) is 0 Å². The van der Waals surface area contributed by atoms with Crippen LogP contribution in [0.4, 0.5) is 0 Å². The van der Waals surface area contributed by atoms with E-state index in [1.54, 1.807) is 0 Å². The lowest BCUT2D eigenvalue weighted by Crippen LogP contribution is -2.59. The van der Waals surface area contributed by atoms with Crippen LogP contribution in [0.3, 0.4) is 0 Å². The van der Waals surface area contributed by atoms with Crippen LogP contribution < -0.4 is 0 Å². The van der Waals surface area contributed by atoms with Gasteiger partial charge in [-0.1, -0.05) is 30.3 Å². The van der Waals surface area contributed by atoms with Gasteiger partial charge in [0.1, 0.15) is 0 Å². The number of piperidine rings is 1. The van der Waals surface area contributed by atoms with Crippen molar-refractivity contribution in [2.24, 2.45) is 5.92 Å². The molecule has 0 spiro atoms. The first-order chi connectivity index (χ1) is 13.3. The molecule has 0 aliphatic carbocycles. The predicted molar refractivity (Wildman–Crippen MR) is 111 cm³/mol. The van der Waals surface area contributed by atoms with E-state index in [0.29, 0.717) is 38.0 Å². The molecule has 0 saturated carbocycles. The molecule has 0 N–H and O–H groups in total. The molecule has 28 heavy (non-hydrogen) atoms. The zero-order chi connectivity index (χ0) is 20.3. The number of nitrogens with zero attached hydrogens (tertiary/aromatic N) is 3. The van der Waals surface area contributed by atoms with Gasteiger partial charge in [0.15, 0.2) is 0 Å². The first-order valence-corrected chi connectivity index (χ1v) is 12.1. The molecule has 1 aromatic carbocycles. The molecule has 0 radical (unpaired) electrons. The van der Waals surface area contributed by atoms with Gasteiger partial charge in [0.25, 0.3) is 0 Å². The molecule has 0 bridgehead atoms. The number of carbonyl (C=O) groups is 1. The summed E-state index contributed by atoms with van der Waals surface area (Å²) in [5.74, 6) is 0.155. The van der Waals surface area contributed by atoms with Crippen LogP contribution in [0.2, 0.25) is 0 Å². The van der Waals surface area contributed by atoms with Crippen molar-refractivity contribution in [2.75, 3.05) is 39.0 Å². The summed E-state index contributed by atoms with van der Waals surface area (Å²) in [6.45, 7) is 7.82. The molecule has 156 valence electrons. The fourth-order valence-electron chi connectivity index (χ4n) is 4.57. The molecule has 2 fully saturated rings. The van der Waals surface area contributed by atoms with Crippen LogP contribution in [-0.2, 0) is 21.2 Å². The van der Waals surface area contributed by atoms with Crippen molar-refractivity contribution in [3.63, 3.8) is 0 Å². The summed E-state index contributed by atoms with van der Waals surface area (Å²) < 4.78 is 24.8. The van der Waals surface area contributed by atoms with Gasteiger partial charge in [0.2, 0.25) is 15.9 Å². The summed E-state index contributed by atoms with van der Waals surface area (Å²) in [6.07, 6.45) is 3.52. The molecule has 2 heterocycles. The Balaban J connectivity index is 1.53. The van der Waals surface area contributed by atoms with Gasteiger partial charge in [-0.05, 0) is 38.7 Å². The van der Waals surface area contributed by atoms with E-state index in [2.05, 4.69) is 43.0 Å². The first-order valence-electron chi connectivity index (χ1n) is 10.3. The third-order valence-corrected chi connectivity index (χ3v) is 7.49. The van der Waals surface area contributed by atoms with Gasteiger partial charge in [0.05, 0.1) is 6.26 Å². The molecular weight excluding hydrogens is 374 g/mol. The lowest BCUT2D eigenvalue weighted by atomic mass is 9.95. The monoisotopic (exact) mass is 407 g/mol. The SMILES string of the molecule is CC1CN(C(=O)C2CCN(S(C)(=O)=O)CC2)CC(C)N1CCc1ccccc1. The lowest BCUT2D eigenvalue weighted by Gasteiger charge is -2.46. The summed E-state index contributed by atoms with van der Waals surface area (Å²) in [5.41, 5.74) is 1.35. The van der Waals surface area contributed by atoms with Crippen LogP contribution >= 0.6 is 0 Å². The predicted octanol–water partition coefficient (Wildman–Crippen LogP) is 1.82. The van der Waals surface area contributed by atoms with Gasteiger partial charge in [-0.15, -0.1) is 0 Å². The maximum absolute atomic E-state index is 13.0. The third-order valence-electron chi connectivity index (χ3n) is 6.19. The Morgan fingerprint density at radius 3 is 2.14 bits per heavy atom. The van der Waals surface area contributed by atoms with Gasteiger partial charge in [0, 0.05) is 50.7 Å². The van der Waals surface area contributed by atoms with Crippen LogP contribution in [0.1, 0.15) is 32.3 Å². The van der Waals surface area contributed by atoms with Gasteiger partial charge in [-0.25, -0.2) is 12.7 Å². The second-order valence-corrected chi connectivity index (χ2v) is 10.3. The highest BCUT2D eigenvalue weighted by Gasteiger charge is 2.36. The maximum Gasteiger partial charge on any atom is 0.225 e. The smallest absolute Gasteiger partial charge is 0.225 e. The highest BCUT2D eigenvalue weighted by atomic mass is 32.2. The molecule has 2 aliphatic rings. The van der Waals surface area contributed by atoms with Crippen LogP contribution in [0.5, 0.6) is 0 Å². The van der Waals surface area contributed by atoms with Gasteiger partial charge >= 0.3 is 0 Å². The standard InChI is InChI=1S/C21H33N3O3S/c1-17-15-22(21(25)20-10-12-23(13-11-20)28(3,26)27)16-18(2)24(17)14-9-19-7-5-4-6-8-19/h4-8,17-18,20H,9-16H2,1-3H3. The number of benzene rings is 1. The fourth-order valence-corrected chi connectivity index (χ4v) is 5.45. The quantitative estimate of drug-likeness (QED) is 0.747. The van der Waals surface area contributed by atoms with Crippen molar-refractivity contribution in [1.29, 1.82) is 0 Å². The maximum atomic E-state index is 13.0. The van der Waals surface area contributed by atoms with Gasteiger partial charge < -0.3 is 4.90 Å². The molecule has 6 nitrogen and oxygen atoms in total. The average Bonchev–Trinajstić information content (AvgIpc) is 2.67. The van der Waals surface area contributed by atoms with E-state index in [1.807, 2.05) is 11.0 Å². The Morgan fingerprint density at radius 1 is 1.04 bits per heavy atom. The Morgan fingerprint density at radius 2 is 1.61 bits per heavy atom. The molecule has 1 amide bonds. The molecule has 7 heteroatoms.